The second-order valence-electron chi connectivity index (χ2n) is 7.10. The van der Waals surface area contributed by atoms with Gasteiger partial charge in [0, 0.05) is 58.9 Å². The van der Waals surface area contributed by atoms with Crippen LogP contribution < -0.4 is 0 Å². The highest BCUT2D eigenvalue weighted by Crippen LogP contribution is 2.28. The van der Waals surface area contributed by atoms with E-state index in [1.165, 1.54) is 11.4 Å². The highest BCUT2D eigenvalue weighted by molar-refractivity contribution is 7.76. The molecule has 25 heavy (non-hydrogen) atoms. The fourth-order valence-corrected chi connectivity index (χ4v) is 3.77. The molecule has 3 atom stereocenters. The summed E-state index contributed by atoms with van der Waals surface area (Å²) in [5.41, 5.74) is 0. The number of amides is 1. The average Bonchev–Trinajstić information content (AvgIpc) is 3.08. The Kier molecular flexibility index (Phi) is 8.24. The summed E-state index contributed by atoms with van der Waals surface area (Å²) in [6, 6.07) is 0.872. The van der Waals surface area contributed by atoms with Gasteiger partial charge in [-0.15, -0.1) is 0 Å². The lowest BCUT2D eigenvalue weighted by molar-refractivity contribution is -0.136. The van der Waals surface area contributed by atoms with Gasteiger partial charge in [-0.2, -0.15) is 0 Å². The molecule has 0 bridgehead atoms. The fourth-order valence-electron chi connectivity index (χ4n) is 3.54. The Morgan fingerprint density at radius 1 is 1.24 bits per heavy atom. The van der Waals surface area contributed by atoms with Gasteiger partial charge in [0.2, 0.25) is 17.2 Å². The summed E-state index contributed by atoms with van der Waals surface area (Å²) in [6.07, 6.45) is 3.24. The number of hydrogen-bond acceptors (Lipinski definition) is 5. The Bertz CT molecular complexity index is 459. The SMILES string of the molecule is CN1CCN([C@H]2CC[C@@H](N(C)C(=O)COCCN(C)S(=O)O)C2)CC1. The van der Waals surface area contributed by atoms with Gasteiger partial charge in [0.15, 0.2) is 0 Å². The molecule has 1 heterocycles. The van der Waals surface area contributed by atoms with Crippen molar-refractivity contribution in [1.29, 1.82) is 0 Å². The number of likely N-dealkylation sites (N-methyl/N-ethyl adjacent to an activating group) is 3. The van der Waals surface area contributed by atoms with E-state index in [1.807, 2.05) is 11.9 Å². The molecule has 0 aromatic rings. The lowest BCUT2D eigenvalue weighted by Gasteiger charge is -2.36. The highest BCUT2D eigenvalue weighted by atomic mass is 32.2. The van der Waals surface area contributed by atoms with Crippen LogP contribution in [0, 0.1) is 0 Å². The van der Waals surface area contributed by atoms with Crippen LogP contribution in [0.3, 0.4) is 0 Å². The predicted octanol–water partition coefficient (Wildman–Crippen LogP) is -0.302. The summed E-state index contributed by atoms with van der Waals surface area (Å²) < 4.78 is 26.3. The highest BCUT2D eigenvalue weighted by Gasteiger charge is 2.33. The van der Waals surface area contributed by atoms with Crippen molar-refractivity contribution in [2.24, 2.45) is 0 Å². The third kappa shape index (κ3) is 6.26. The van der Waals surface area contributed by atoms with E-state index in [0.29, 0.717) is 12.6 Å². The van der Waals surface area contributed by atoms with Crippen LogP contribution >= 0.6 is 0 Å². The maximum atomic E-state index is 12.3. The van der Waals surface area contributed by atoms with Crippen LogP contribution in [-0.2, 0) is 20.8 Å². The molecular formula is C16H32N4O4S. The third-order valence-electron chi connectivity index (χ3n) is 5.42. The minimum Gasteiger partial charge on any atom is -0.370 e. The zero-order valence-corrected chi connectivity index (χ0v) is 16.4. The topological polar surface area (TPSA) is 76.6 Å². The van der Waals surface area contributed by atoms with Crippen molar-refractivity contribution in [2.75, 3.05) is 67.1 Å². The predicted molar refractivity (Wildman–Crippen MR) is 97.5 cm³/mol. The largest absolute Gasteiger partial charge is 0.370 e. The van der Waals surface area contributed by atoms with E-state index in [1.54, 1.807) is 0 Å². The Morgan fingerprint density at radius 3 is 2.56 bits per heavy atom. The Morgan fingerprint density at radius 2 is 1.92 bits per heavy atom. The first kappa shape index (κ1) is 20.7. The number of hydrogen-bond donors (Lipinski definition) is 1. The van der Waals surface area contributed by atoms with Crippen molar-refractivity contribution in [3.8, 4) is 0 Å². The molecule has 146 valence electrons. The number of nitrogens with zero attached hydrogens (tertiary/aromatic N) is 4. The van der Waals surface area contributed by atoms with Crippen molar-refractivity contribution in [2.45, 2.75) is 31.3 Å². The third-order valence-corrected chi connectivity index (χ3v) is 6.13. The minimum atomic E-state index is -1.99. The molecule has 1 saturated carbocycles. The van der Waals surface area contributed by atoms with Crippen molar-refractivity contribution in [1.82, 2.24) is 19.0 Å². The first-order valence-electron chi connectivity index (χ1n) is 8.96. The molecule has 0 radical (unpaired) electrons. The number of ether oxygens (including phenoxy) is 1. The normalized spacial score (nSPS) is 26.9. The molecule has 0 aromatic carbocycles. The molecule has 2 aliphatic rings. The first-order valence-corrected chi connectivity index (χ1v) is 10.0. The lowest BCUT2D eigenvalue weighted by atomic mass is 10.1. The fraction of sp³-hybridized carbons (Fsp3) is 0.938. The lowest BCUT2D eigenvalue weighted by Crippen LogP contribution is -2.48. The van der Waals surface area contributed by atoms with E-state index < -0.39 is 11.3 Å². The molecule has 2 rings (SSSR count). The molecular weight excluding hydrogens is 344 g/mol. The van der Waals surface area contributed by atoms with Gasteiger partial charge in [-0.25, -0.2) is 8.51 Å². The van der Waals surface area contributed by atoms with Crippen LogP contribution in [0.1, 0.15) is 19.3 Å². The summed E-state index contributed by atoms with van der Waals surface area (Å²) >= 11 is -1.99. The molecule has 9 heteroatoms. The maximum absolute atomic E-state index is 12.3. The van der Waals surface area contributed by atoms with Crippen molar-refractivity contribution < 1.29 is 18.3 Å². The van der Waals surface area contributed by atoms with Crippen LogP contribution in [0.15, 0.2) is 0 Å². The van der Waals surface area contributed by atoms with Crippen molar-refractivity contribution >= 4 is 17.2 Å². The zero-order valence-electron chi connectivity index (χ0n) is 15.6. The van der Waals surface area contributed by atoms with Gasteiger partial charge in [-0.3, -0.25) is 14.2 Å². The van der Waals surface area contributed by atoms with Crippen LogP contribution in [0.25, 0.3) is 0 Å². The molecule has 0 aromatic heterocycles. The molecule has 1 amide bonds. The minimum absolute atomic E-state index is 0.0169. The quantitative estimate of drug-likeness (QED) is 0.463. The summed E-state index contributed by atoms with van der Waals surface area (Å²) in [7, 11) is 5.55. The van der Waals surface area contributed by atoms with E-state index >= 15 is 0 Å². The summed E-state index contributed by atoms with van der Waals surface area (Å²) in [5.74, 6) is -0.0169. The zero-order chi connectivity index (χ0) is 18.4. The monoisotopic (exact) mass is 376 g/mol. The summed E-state index contributed by atoms with van der Waals surface area (Å²) in [4.78, 5) is 19.0. The number of carbonyl (C=O) groups excluding carboxylic acids is 1. The number of rotatable bonds is 8. The maximum Gasteiger partial charge on any atom is 0.248 e. The van der Waals surface area contributed by atoms with Gasteiger partial charge < -0.3 is 14.5 Å². The summed E-state index contributed by atoms with van der Waals surface area (Å²) in [5, 5.41) is 0. The second-order valence-corrected chi connectivity index (χ2v) is 8.18. The van der Waals surface area contributed by atoms with Gasteiger partial charge in [-0.1, -0.05) is 0 Å². The van der Waals surface area contributed by atoms with Gasteiger partial charge >= 0.3 is 0 Å². The molecule has 1 aliphatic carbocycles. The molecule has 8 nitrogen and oxygen atoms in total. The van der Waals surface area contributed by atoms with Gasteiger partial charge in [-0.05, 0) is 26.3 Å². The van der Waals surface area contributed by atoms with E-state index in [-0.39, 0.29) is 25.2 Å². The molecule has 2 fully saturated rings. The van der Waals surface area contributed by atoms with Crippen LogP contribution in [0.4, 0.5) is 0 Å². The van der Waals surface area contributed by atoms with Gasteiger partial charge in [0.05, 0.1) is 6.61 Å². The van der Waals surface area contributed by atoms with Gasteiger partial charge in [0.25, 0.3) is 0 Å². The van der Waals surface area contributed by atoms with Crippen molar-refractivity contribution in [3.63, 3.8) is 0 Å². The number of piperazine rings is 1. The van der Waals surface area contributed by atoms with E-state index in [2.05, 4.69) is 16.8 Å². The standard InChI is InChI=1S/C16H32N4O4S/c1-17-6-8-20(9-7-17)15-5-4-14(12-15)19(3)16(21)13-24-11-10-18(2)25(22)23/h14-15H,4-13H2,1-3H3,(H,22,23)/t14-,15+/m1/s1. The molecule has 1 N–H and O–H groups in total. The molecule has 0 spiro atoms. The van der Waals surface area contributed by atoms with Crippen LogP contribution in [0.5, 0.6) is 0 Å². The average molecular weight is 377 g/mol. The Hall–Kier alpha value is -0.580. The number of carbonyl (C=O) groups is 1. The van der Waals surface area contributed by atoms with E-state index in [9.17, 15) is 9.00 Å². The van der Waals surface area contributed by atoms with Gasteiger partial charge in [0.1, 0.15) is 6.61 Å². The van der Waals surface area contributed by atoms with E-state index in [0.717, 1.165) is 45.4 Å². The summed E-state index contributed by atoms with van der Waals surface area (Å²) in [6.45, 7) is 5.08. The Labute approximate surface area is 153 Å². The second kappa shape index (κ2) is 9.94. The Balaban J connectivity index is 1.67. The molecule has 1 aliphatic heterocycles. The molecule has 1 unspecified atom stereocenters. The van der Waals surface area contributed by atoms with Crippen LogP contribution in [0.2, 0.25) is 0 Å². The van der Waals surface area contributed by atoms with Crippen molar-refractivity contribution in [3.05, 3.63) is 0 Å². The first-order chi connectivity index (χ1) is 11.9. The molecule has 1 saturated heterocycles. The van der Waals surface area contributed by atoms with Crippen LogP contribution in [-0.4, -0.2) is 113 Å². The van der Waals surface area contributed by atoms with E-state index in [4.69, 9.17) is 9.29 Å². The smallest absolute Gasteiger partial charge is 0.248 e.